The number of anilines is 1. The Morgan fingerprint density at radius 3 is 3.00 bits per heavy atom. The minimum absolute atomic E-state index is 0.0607. The molecule has 2 fully saturated rings. The Morgan fingerprint density at radius 2 is 2.18 bits per heavy atom. The molecule has 0 aromatic heterocycles. The number of hydrogen-bond acceptors (Lipinski definition) is 3. The standard InChI is InChI=1S/C16H18N4O2/c17-9-11-4-3-5-12(8-11)18-16(22)20-10-15(21)19-13-6-1-2-7-14(13)20/h3-5,8,13-14H,1-2,6-7,10H2,(H,18,22)(H,19,21)/t13-,14-/m1/s1. The van der Waals surface area contributed by atoms with E-state index in [-0.39, 0.29) is 30.6 Å². The smallest absolute Gasteiger partial charge is 0.322 e. The van der Waals surface area contributed by atoms with Crippen LogP contribution >= 0.6 is 0 Å². The van der Waals surface area contributed by atoms with Crippen LogP contribution in [0.4, 0.5) is 10.5 Å². The molecule has 3 rings (SSSR count). The van der Waals surface area contributed by atoms with E-state index in [0.717, 1.165) is 25.7 Å². The molecular formula is C16H18N4O2. The van der Waals surface area contributed by atoms with E-state index in [0.29, 0.717) is 11.3 Å². The lowest BCUT2D eigenvalue weighted by molar-refractivity contribution is -0.126. The first-order valence-electron chi connectivity index (χ1n) is 7.54. The second-order valence-electron chi connectivity index (χ2n) is 5.78. The average molecular weight is 298 g/mol. The Balaban J connectivity index is 1.75. The molecule has 3 amide bonds. The van der Waals surface area contributed by atoms with Crippen molar-refractivity contribution >= 4 is 17.6 Å². The summed E-state index contributed by atoms with van der Waals surface area (Å²) in [5.74, 6) is -0.107. The number of nitriles is 1. The van der Waals surface area contributed by atoms with Gasteiger partial charge in [0.05, 0.1) is 17.7 Å². The van der Waals surface area contributed by atoms with Gasteiger partial charge in [0.25, 0.3) is 0 Å². The van der Waals surface area contributed by atoms with Crippen molar-refractivity contribution in [2.24, 2.45) is 0 Å². The maximum absolute atomic E-state index is 12.5. The highest BCUT2D eigenvalue weighted by Gasteiger charge is 2.38. The first-order valence-corrected chi connectivity index (χ1v) is 7.54. The lowest BCUT2D eigenvalue weighted by atomic mass is 9.87. The molecule has 2 aliphatic rings. The maximum atomic E-state index is 12.5. The normalized spacial score (nSPS) is 24.0. The van der Waals surface area contributed by atoms with E-state index in [1.54, 1.807) is 29.2 Å². The van der Waals surface area contributed by atoms with Crippen LogP contribution in [0, 0.1) is 11.3 Å². The van der Waals surface area contributed by atoms with Crippen LogP contribution in [-0.4, -0.2) is 35.5 Å². The average Bonchev–Trinajstić information content (AvgIpc) is 2.54. The Labute approximate surface area is 129 Å². The molecule has 1 aliphatic heterocycles. The number of carbonyl (C=O) groups excluding carboxylic acids is 2. The van der Waals surface area contributed by atoms with E-state index in [4.69, 9.17) is 5.26 Å². The molecule has 1 heterocycles. The number of nitrogens with one attached hydrogen (secondary N) is 2. The van der Waals surface area contributed by atoms with E-state index in [9.17, 15) is 9.59 Å². The zero-order valence-electron chi connectivity index (χ0n) is 12.2. The van der Waals surface area contributed by atoms with Gasteiger partial charge in [-0.25, -0.2) is 4.79 Å². The van der Waals surface area contributed by atoms with Gasteiger partial charge in [-0.2, -0.15) is 5.26 Å². The third-order valence-electron chi connectivity index (χ3n) is 4.29. The molecule has 0 unspecified atom stereocenters. The first kappa shape index (κ1) is 14.4. The van der Waals surface area contributed by atoms with Crippen LogP contribution in [0.25, 0.3) is 0 Å². The second kappa shape index (κ2) is 6.06. The van der Waals surface area contributed by atoms with E-state index in [2.05, 4.69) is 10.6 Å². The van der Waals surface area contributed by atoms with Gasteiger partial charge in [0, 0.05) is 11.7 Å². The number of amides is 3. The minimum Gasteiger partial charge on any atom is -0.350 e. The van der Waals surface area contributed by atoms with Crippen LogP contribution in [-0.2, 0) is 4.79 Å². The number of piperazine rings is 1. The van der Waals surface area contributed by atoms with Gasteiger partial charge in [-0.1, -0.05) is 18.9 Å². The zero-order chi connectivity index (χ0) is 15.5. The third-order valence-corrected chi connectivity index (χ3v) is 4.29. The Bertz CT molecular complexity index is 637. The summed E-state index contributed by atoms with van der Waals surface area (Å²) in [6, 6.07) is 8.66. The Kier molecular flexibility index (Phi) is 3.96. The molecule has 2 atom stereocenters. The highest BCUT2D eigenvalue weighted by molar-refractivity contribution is 5.93. The summed E-state index contributed by atoms with van der Waals surface area (Å²) in [6.07, 6.45) is 3.99. The number of nitrogens with zero attached hydrogens (tertiary/aromatic N) is 2. The molecule has 0 spiro atoms. The van der Waals surface area contributed by atoms with Gasteiger partial charge in [0.1, 0.15) is 6.54 Å². The number of rotatable bonds is 1. The van der Waals surface area contributed by atoms with Gasteiger partial charge < -0.3 is 15.5 Å². The zero-order valence-corrected chi connectivity index (χ0v) is 12.2. The van der Waals surface area contributed by atoms with Crippen molar-refractivity contribution in [1.29, 1.82) is 5.26 Å². The molecular weight excluding hydrogens is 280 g/mol. The van der Waals surface area contributed by atoms with Crippen LogP contribution in [0.3, 0.4) is 0 Å². The van der Waals surface area contributed by atoms with Crippen LogP contribution < -0.4 is 10.6 Å². The predicted octanol–water partition coefficient (Wildman–Crippen LogP) is 1.83. The van der Waals surface area contributed by atoms with Gasteiger partial charge in [0.2, 0.25) is 5.91 Å². The summed E-state index contributed by atoms with van der Waals surface area (Å²) < 4.78 is 0. The number of hydrogen-bond donors (Lipinski definition) is 2. The maximum Gasteiger partial charge on any atom is 0.322 e. The first-order chi connectivity index (χ1) is 10.7. The van der Waals surface area contributed by atoms with E-state index in [1.807, 2.05) is 6.07 Å². The number of carbonyl (C=O) groups is 2. The highest BCUT2D eigenvalue weighted by Crippen LogP contribution is 2.26. The molecule has 114 valence electrons. The second-order valence-corrected chi connectivity index (χ2v) is 5.78. The summed E-state index contributed by atoms with van der Waals surface area (Å²) >= 11 is 0. The van der Waals surface area contributed by atoms with Gasteiger partial charge >= 0.3 is 6.03 Å². The Morgan fingerprint density at radius 1 is 1.36 bits per heavy atom. The number of urea groups is 1. The van der Waals surface area contributed by atoms with E-state index >= 15 is 0 Å². The summed E-state index contributed by atoms with van der Waals surface area (Å²) in [7, 11) is 0. The predicted molar refractivity (Wildman–Crippen MR) is 81.1 cm³/mol. The largest absolute Gasteiger partial charge is 0.350 e. The lowest BCUT2D eigenvalue weighted by Gasteiger charge is -2.43. The third kappa shape index (κ3) is 2.89. The lowest BCUT2D eigenvalue weighted by Crippen LogP contribution is -2.63. The van der Waals surface area contributed by atoms with Gasteiger partial charge in [0.15, 0.2) is 0 Å². The van der Waals surface area contributed by atoms with Gasteiger partial charge in [-0.15, -0.1) is 0 Å². The van der Waals surface area contributed by atoms with Crippen molar-refractivity contribution in [3.8, 4) is 6.07 Å². The fraction of sp³-hybridized carbons (Fsp3) is 0.438. The van der Waals surface area contributed by atoms with Crippen molar-refractivity contribution in [2.45, 2.75) is 37.8 Å². The van der Waals surface area contributed by atoms with Crippen molar-refractivity contribution in [2.75, 3.05) is 11.9 Å². The van der Waals surface area contributed by atoms with Crippen molar-refractivity contribution < 1.29 is 9.59 Å². The number of benzene rings is 1. The van der Waals surface area contributed by atoms with Crippen LogP contribution in [0.1, 0.15) is 31.2 Å². The van der Waals surface area contributed by atoms with E-state index < -0.39 is 0 Å². The molecule has 6 heteroatoms. The summed E-state index contributed by atoms with van der Waals surface area (Å²) in [4.78, 5) is 26.0. The van der Waals surface area contributed by atoms with E-state index in [1.165, 1.54) is 0 Å². The summed E-state index contributed by atoms with van der Waals surface area (Å²) in [5.41, 5.74) is 1.06. The monoisotopic (exact) mass is 298 g/mol. The molecule has 0 bridgehead atoms. The summed E-state index contributed by atoms with van der Waals surface area (Å²) in [5, 5.41) is 14.7. The van der Waals surface area contributed by atoms with Crippen LogP contribution in [0.15, 0.2) is 24.3 Å². The quantitative estimate of drug-likeness (QED) is 0.829. The molecule has 1 saturated heterocycles. The fourth-order valence-corrected chi connectivity index (χ4v) is 3.26. The van der Waals surface area contributed by atoms with Crippen LogP contribution in [0.5, 0.6) is 0 Å². The Hall–Kier alpha value is -2.55. The molecule has 1 aliphatic carbocycles. The topological polar surface area (TPSA) is 85.2 Å². The SMILES string of the molecule is N#Cc1cccc(NC(=O)N2CC(=O)N[C@@H]3CCCC[C@H]32)c1. The van der Waals surface area contributed by atoms with Crippen molar-refractivity contribution in [1.82, 2.24) is 10.2 Å². The van der Waals surface area contributed by atoms with Crippen molar-refractivity contribution in [3.05, 3.63) is 29.8 Å². The highest BCUT2D eigenvalue weighted by atomic mass is 16.2. The van der Waals surface area contributed by atoms with Crippen molar-refractivity contribution in [3.63, 3.8) is 0 Å². The summed E-state index contributed by atoms with van der Waals surface area (Å²) in [6.45, 7) is 0.0882. The molecule has 0 radical (unpaired) electrons. The van der Waals surface area contributed by atoms with Crippen LogP contribution in [0.2, 0.25) is 0 Å². The molecule has 1 saturated carbocycles. The minimum atomic E-state index is -0.276. The molecule has 1 aromatic rings. The van der Waals surface area contributed by atoms with Gasteiger partial charge in [-0.3, -0.25) is 4.79 Å². The fourth-order valence-electron chi connectivity index (χ4n) is 3.26. The number of fused-ring (bicyclic) bond motifs is 1. The molecule has 2 N–H and O–H groups in total. The molecule has 6 nitrogen and oxygen atoms in total. The van der Waals surface area contributed by atoms with Gasteiger partial charge in [-0.05, 0) is 31.0 Å². The molecule has 22 heavy (non-hydrogen) atoms. The molecule has 1 aromatic carbocycles.